The molecular formula is C54H80BrN4O2S2+. The van der Waals surface area contributed by atoms with Crippen molar-refractivity contribution in [1.82, 2.24) is 0 Å². The van der Waals surface area contributed by atoms with Crippen LogP contribution in [0.15, 0.2) is 105 Å². The fourth-order valence-corrected chi connectivity index (χ4v) is 12.2. The van der Waals surface area contributed by atoms with Gasteiger partial charge in [-0.3, -0.25) is 0 Å². The van der Waals surface area contributed by atoms with E-state index in [1.807, 2.05) is 23.5 Å². The first-order chi connectivity index (χ1) is 29.9. The molecule has 0 amide bonds. The van der Waals surface area contributed by atoms with Gasteiger partial charge in [0, 0.05) is 56.6 Å². The summed E-state index contributed by atoms with van der Waals surface area (Å²) < 4.78 is 13.4. The number of anilines is 4. The Morgan fingerprint density at radius 2 is 0.762 bits per heavy atom. The fourth-order valence-electron chi connectivity index (χ4n) is 10.1. The first-order valence-electron chi connectivity index (χ1n) is 24.0. The number of ether oxygens (including phenoxy) is 2. The van der Waals surface area contributed by atoms with Gasteiger partial charge in [-0.25, -0.2) is 0 Å². The van der Waals surface area contributed by atoms with Gasteiger partial charge < -0.3 is 45.2 Å². The summed E-state index contributed by atoms with van der Waals surface area (Å²) in [4.78, 5) is 10.4. The zero-order valence-corrected chi connectivity index (χ0v) is 43.4. The number of hydrogen-bond acceptors (Lipinski definition) is 6. The molecule has 0 spiro atoms. The highest BCUT2D eigenvalue weighted by Crippen LogP contribution is 2.50. The Morgan fingerprint density at radius 3 is 1.11 bits per heavy atom. The summed E-state index contributed by atoms with van der Waals surface area (Å²) in [6.07, 6.45) is 19.5. The number of hydrogen-bond donors (Lipinski definition) is 0. The van der Waals surface area contributed by atoms with Crippen molar-refractivity contribution < 1.29 is 35.4 Å². The Kier molecular flexibility index (Phi) is 20.5. The number of fused-ring (bicyclic) bond motifs is 4. The maximum atomic E-state index is 5.62. The lowest BCUT2D eigenvalue weighted by Gasteiger charge is -2.37. The molecule has 2 aliphatic rings. The van der Waals surface area contributed by atoms with E-state index in [1.165, 1.54) is 158 Å². The molecule has 2 heterocycles. The van der Waals surface area contributed by atoms with Crippen LogP contribution in [0.4, 0.5) is 22.7 Å². The lowest BCUT2D eigenvalue weighted by atomic mass is 10.0. The quantitative estimate of drug-likeness (QED) is 0.0436. The second kappa shape index (κ2) is 25.2. The maximum Gasteiger partial charge on any atom is 0.121 e. The largest absolute Gasteiger partial charge is 1.00 e. The van der Waals surface area contributed by atoms with Crippen molar-refractivity contribution in [2.24, 2.45) is 11.8 Å². The number of para-hydroxylation sites is 2. The lowest BCUT2D eigenvalue weighted by Crippen LogP contribution is -3.00. The van der Waals surface area contributed by atoms with Crippen molar-refractivity contribution in [2.45, 2.75) is 123 Å². The molecule has 4 aromatic rings. The molecule has 0 aromatic heterocycles. The van der Waals surface area contributed by atoms with Crippen LogP contribution in [0.5, 0.6) is 11.5 Å². The molecule has 2 aliphatic heterocycles. The minimum atomic E-state index is 0. The molecule has 0 saturated heterocycles. The highest BCUT2D eigenvalue weighted by Gasteiger charge is 2.29. The van der Waals surface area contributed by atoms with Gasteiger partial charge in [0.05, 0.1) is 91.3 Å². The van der Waals surface area contributed by atoms with Gasteiger partial charge in [-0.1, -0.05) is 126 Å². The molecule has 6 nitrogen and oxygen atoms in total. The average molecular weight is 961 g/mol. The van der Waals surface area contributed by atoms with Gasteiger partial charge in [-0.15, -0.1) is 0 Å². The molecule has 6 rings (SSSR count). The van der Waals surface area contributed by atoms with Crippen LogP contribution < -0.4 is 36.3 Å². The minimum absolute atomic E-state index is 0. The highest BCUT2D eigenvalue weighted by molar-refractivity contribution is 8.00. The molecule has 2 atom stereocenters. The molecule has 63 heavy (non-hydrogen) atoms. The lowest BCUT2D eigenvalue weighted by molar-refractivity contribution is -0.893. The Bertz CT molecular complexity index is 1850. The van der Waals surface area contributed by atoms with Gasteiger partial charge >= 0.3 is 0 Å². The van der Waals surface area contributed by atoms with Gasteiger partial charge in [0.25, 0.3) is 0 Å². The van der Waals surface area contributed by atoms with E-state index in [9.17, 15) is 0 Å². The standard InChI is InChI=1S/C54H80N4O2S2.BrH/c1-43(39-55-47-27-21-23-29-51(47)61-53-33-31-45(59-7)37-49(53)55)41-57(3,4)35-25-19-17-15-13-11-9-10-12-14-16-18-20-26-36-58(5,6)42-44(2)40-56-48-28-22-24-30-52(48)62-54-34-32-46(60-8)38-50(54)56;/h21-24,27-34,37-38,43-44H,9-20,25-26,35-36,39-42H2,1-8H3;1H/q+2;/p-1. The van der Waals surface area contributed by atoms with Crippen LogP contribution in [0.3, 0.4) is 0 Å². The van der Waals surface area contributed by atoms with Crippen molar-refractivity contribution in [1.29, 1.82) is 0 Å². The van der Waals surface area contributed by atoms with E-state index in [1.54, 1.807) is 14.2 Å². The summed E-state index contributed by atoms with van der Waals surface area (Å²) in [5, 5.41) is 0. The van der Waals surface area contributed by atoms with Crippen LogP contribution >= 0.6 is 23.5 Å². The number of unbranched alkanes of at least 4 members (excludes halogenated alkanes) is 13. The molecule has 0 radical (unpaired) electrons. The third-order valence-corrected chi connectivity index (χ3v) is 15.3. The van der Waals surface area contributed by atoms with Crippen molar-refractivity contribution >= 4 is 46.3 Å². The number of rotatable bonds is 27. The second-order valence-electron chi connectivity index (χ2n) is 19.9. The van der Waals surface area contributed by atoms with E-state index in [2.05, 4.69) is 137 Å². The van der Waals surface area contributed by atoms with Gasteiger partial charge in [0.2, 0.25) is 0 Å². The summed E-state index contributed by atoms with van der Waals surface area (Å²) >= 11 is 3.74. The highest BCUT2D eigenvalue weighted by atomic mass is 79.9. The number of benzene rings is 4. The van der Waals surface area contributed by atoms with E-state index in [4.69, 9.17) is 9.47 Å². The molecule has 0 N–H and O–H groups in total. The number of quaternary nitrogens is 2. The van der Waals surface area contributed by atoms with Crippen LogP contribution in [-0.2, 0) is 0 Å². The number of methoxy groups -OCH3 is 2. The molecule has 4 aromatic carbocycles. The predicted octanol–water partition coefficient (Wildman–Crippen LogP) is 11.5. The van der Waals surface area contributed by atoms with Crippen molar-refractivity contribution in [3.8, 4) is 11.5 Å². The van der Waals surface area contributed by atoms with Crippen LogP contribution in [0.1, 0.15) is 104 Å². The molecule has 0 saturated carbocycles. The predicted molar refractivity (Wildman–Crippen MR) is 268 cm³/mol. The normalized spacial score (nSPS) is 14.2. The molecule has 0 fully saturated rings. The van der Waals surface area contributed by atoms with Crippen LogP contribution in [-0.4, -0.2) is 90.6 Å². The summed E-state index contributed by atoms with van der Waals surface area (Å²) in [5.41, 5.74) is 5.19. The second-order valence-corrected chi connectivity index (χ2v) is 22.0. The Morgan fingerprint density at radius 1 is 0.444 bits per heavy atom. The van der Waals surface area contributed by atoms with Crippen LogP contribution in [0.2, 0.25) is 0 Å². The third-order valence-electron chi connectivity index (χ3n) is 13.0. The summed E-state index contributed by atoms with van der Waals surface area (Å²) in [6.45, 7) is 11.8. The van der Waals surface area contributed by atoms with E-state index >= 15 is 0 Å². The molecule has 2 unspecified atom stereocenters. The van der Waals surface area contributed by atoms with Crippen LogP contribution in [0.25, 0.3) is 0 Å². The summed E-state index contributed by atoms with van der Waals surface area (Å²) in [6, 6.07) is 30.7. The average Bonchev–Trinajstić information content (AvgIpc) is 3.25. The third kappa shape index (κ3) is 15.4. The zero-order valence-electron chi connectivity index (χ0n) is 40.2. The Balaban J connectivity index is 0.00000748. The topological polar surface area (TPSA) is 24.9 Å². The SMILES string of the molecule is COc1ccc2c(c1)N(CC(C)C[N+](C)(C)CCCCCCCCCCCCCCCC[N+](C)(C)CC(C)CN1c3ccccc3Sc3ccc(OC)cc31)c1ccccc1S2.[Br-]. The molecule has 346 valence electrons. The van der Waals surface area contributed by atoms with E-state index in [0.29, 0.717) is 11.8 Å². The first-order valence-corrected chi connectivity index (χ1v) is 25.7. The summed E-state index contributed by atoms with van der Waals surface area (Å²) in [5.74, 6) is 2.99. The molecule has 9 heteroatoms. The molecule has 0 bridgehead atoms. The smallest absolute Gasteiger partial charge is 0.121 e. The van der Waals surface area contributed by atoms with Gasteiger partial charge in [0.1, 0.15) is 11.5 Å². The summed E-state index contributed by atoms with van der Waals surface area (Å²) in [7, 11) is 13.3. The molecular weight excluding hydrogens is 881 g/mol. The fraction of sp³-hybridized carbons (Fsp3) is 0.556. The first kappa shape index (κ1) is 51.2. The van der Waals surface area contributed by atoms with Gasteiger partial charge in [-0.05, 0) is 74.2 Å². The number of halogens is 1. The molecule has 0 aliphatic carbocycles. The van der Waals surface area contributed by atoms with E-state index in [0.717, 1.165) is 33.6 Å². The van der Waals surface area contributed by atoms with Crippen molar-refractivity contribution in [3.63, 3.8) is 0 Å². The maximum absolute atomic E-state index is 5.62. The zero-order chi connectivity index (χ0) is 44.0. The van der Waals surface area contributed by atoms with Gasteiger partial charge in [-0.2, -0.15) is 0 Å². The van der Waals surface area contributed by atoms with Crippen molar-refractivity contribution in [2.75, 3.05) is 91.5 Å². The Labute approximate surface area is 402 Å². The number of nitrogens with zero attached hydrogens (tertiary/aromatic N) is 4. The Hall–Kier alpha value is -2.82. The monoisotopic (exact) mass is 959 g/mol. The van der Waals surface area contributed by atoms with E-state index in [-0.39, 0.29) is 17.0 Å². The van der Waals surface area contributed by atoms with E-state index < -0.39 is 0 Å². The van der Waals surface area contributed by atoms with Crippen molar-refractivity contribution in [3.05, 3.63) is 84.9 Å². The van der Waals surface area contributed by atoms with Gasteiger partial charge in [0.15, 0.2) is 0 Å². The van der Waals surface area contributed by atoms with Crippen LogP contribution in [0, 0.1) is 11.8 Å². The minimum Gasteiger partial charge on any atom is -1.00 e.